The maximum Gasteiger partial charge on any atom is 0.332 e. The largest absolute Gasteiger partial charge is 0.478 e. The van der Waals surface area contributed by atoms with Crippen LogP contribution in [-0.2, 0) is 29.1 Å². The van der Waals surface area contributed by atoms with E-state index in [9.17, 15) is 9.90 Å². The summed E-state index contributed by atoms with van der Waals surface area (Å²) in [5, 5.41) is 9.68. The molecule has 0 spiro atoms. The second kappa shape index (κ2) is 10.6. The van der Waals surface area contributed by atoms with Crippen molar-refractivity contribution in [3.05, 3.63) is 46.9 Å². The summed E-state index contributed by atoms with van der Waals surface area (Å²) in [5.41, 5.74) is 1.02. The lowest BCUT2D eigenvalue weighted by atomic mass is 10.1. The van der Waals surface area contributed by atoms with Gasteiger partial charge in [0, 0.05) is 33.1 Å². The van der Waals surface area contributed by atoms with Crippen molar-refractivity contribution in [1.29, 1.82) is 0 Å². The van der Waals surface area contributed by atoms with Gasteiger partial charge in [0.15, 0.2) is 0 Å². The zero-order valence-electron chi connectivity index (χ0n) is 18.3. The Kier molecular flexibility index (Phi) is 8.46. The van der Waals surface area contributed by atoms with Crippen molar-refractivity contribution in [1.82, 2.24) is 9.55 Å². The second-order valence-corrected chi connectivity index (χ2v) is 14.3. The molecule has 1 N–H and O–H groups in total. The molecule has 0 saturated carbocycles. The zero-order chi connectivity index (χ0) is 21.4. The first-order chi connectivity index (χ1) is 13.7. The molecule has 0 aromatic carbocycles. The number of rotatable bonds is 12. The Morgan fingerprint density at radius 1 is 1.34 bits per heavy atom. The molecule has 0 aliphatic carbocycles. The number of nitrogens with zero attached hydrogens (tertiary/aromatic N) is 2. The first kappa shape index (κ1) is 23.2. The molecule has 29 heavy (non-hydrogen) atoms. The van der Waals surface area contributed by atoms with Gasteiger partial charge in [-0.1, -0.05) is 33.0 Å². The molecule has 0 aliphatic rings. The van der Waals surface area contributed by atoms with Crippen molar-refractivity contribution >= 4 is 20.1 Å². The summed E-state index contributed by atoms with van der Waals surface area (Å²) in [6.07, 6.45) is 6.61. The van der Waals surface area contributed by atoms with Gasteiger partial charge >= 0.3 is 5.97 Å². The van der Waals surface area contributed by atoms with Crippen molar-refractivity contribution in [3.63, 3.8) is 0 Å². The van der Waals surface area contributed by atoms with E-state index >= 15 is 0 Å². The van der Waals surface area contributed by atoms with Gasteiger partial charge in [0.25, 0.3) is 0 Å². The number of aliphatic carboxylic acids is 1. The SMILES string of the molecule is CCCCc1ncc(/C=C(/Cc2ccc(C)o2)C(=O)O)n1COCC[Si](C)(C)C. The standard InChI is InChI=1S/C22H34N2O4Si/c1-6-7-8-21-23-15-19(24(21)16-27-11-12-29(3,4)5)13-18(22(25)26)14-20-10-9-17(2)28-20/h9-10,13,15H,6-8,11-12,14,16H2,1-5H3,(H,25,26)/b18-13-. The van der Waals surface area contributed by atoms with Crippen LogP contribution in [0.4, 0.5) is 0 Å². The van der Waals surface area contributed by atoms with Crippen molar-refractivity contribution in [2.75, 3.05) is 6.61 Å². The van der Waals surface area contributed by atoms with E-state index < -0.39 is 14.0 Å². The monoisotopic (exact) mass is 418 g/mol. The molecule has 7 heteroatoms. The molecule has 0 radical (unpaired) electrons. The minimum Gasteiger partial charge on any atom is -0.478 e. The number of furan rings is 1. The van der Waals surface area contributed by atoms with Crippen molar-refractivity contribution in [3.8, 4) is 0 Å². The lowest BCUT2D eigenvalue weighted by molar-refractivity contribution is -0.132. The molecule has 0 fully saturated rings. The molecule has 0 saturated heterocycles. The fourth-order valence-corrected chi connectivity index (χ4v) is 3.65. The Balaban J connectivity index is 2.22. The number of unbranched alkanes of at least 4 members (excludes halogenated alkanes) is 1. The van der Waals surface area contributed by atoms with E-state index in [1.807, 2.05) is 23.6 Å². The minimum absolute atomic E-state index is 0.231. The van der Waals surface area contributed by atoms with E-state index in [4.69, 9.17) is 9.15 Å². The van der Waals surface area contributed by atoms with Crippen LogP contribution in [0.2, 0.25) is 25.7 Å². The highest BCUT2D eigenvalue weighted by molar-refractivity contribution is 6.76. The van der Waals surface area contributed by atoms with Crippen LogP contribution in [0.5, 0.6) is 0 Å². The average molecular weight is 419 g/mol. The van der Waals surface area contributed by atoms with Gasteiger partial charge in [0.05, 0.1) is 11.9 Å². The van der Waals surface area contributed by atoms with Crippen LogP contribution in [0, 0.1) is 6.92 Å². The summed E-state index contributed by atoms with van der Waals surface area (Å²) in [7, 11) is -1.16. The van der Waals surface area contributed by atoms with Crippen LogP contribution in [0.1, 0.15) is 42.8 Å². The molecule has 2 aromatic rings. The Bertz CT molecular complexity index is 830. The predicted octanol–water partition coefficient (Wildman–Crippen LogP) is 5.15. The second-order valence-electron chi connectivity index (χ2n) is 8.64. The summed E-state index contributed by atoms with van der Waals surface area (Å²) in [6, 6.07) is 4.75. The van der Waals surface area contributed by atoms with Crippen LogP contribution < -0.4 is 0 Å². The quantitative estimate of drug-likeness (QED) is 0.293. The Labute approximate surface area is 174 Å². The smallest absolute Gasteiger partial charge is 0.332 e. The highest BCUT2D eigenvalue weighted by Crippen LogP contribution is 2.18. The van der Waals surface area contributed by atoms with Crippen molar-refractivity contribution in [2.24, 2.45) is 0 Å². The number of carbonyl (C=O) groups is 1. The number of hydrogen-bond donors (Lipinski definition) is 1. The molecule has 0 aliphatic heterocycles. The van der Waals surface area contributed by atoms with Crippen LogP contribution in [-0.4, -0.2) is 35.3 Å². The molecule has 0 bridgehead atoms. The van der Waals surface area contributed by atoms with E-state index in [0.717, 1.165) is 42.6 Å². The van der Waals surface area contributed by atoms with Gasteiger partial charge in [-0.2, -0.15) is 0 Å². The number of ether oxygens (including phenoxy) is 1. The molecule has 6 nitrogen and oxygen atoms in total. The molecule has 0 atom stereocenters. The van der Waals surface area contributed by atoms with Crippen molar-refractivity contribution < 1.29 is 19.1 Å². The summed E-state index contributed by atoms with van der Waals surface area (Å²) in [6.45, 7) is 12.1. The third-order valence-electron chi connectivity index (χ3n) is 4.70. The summed E-state index contributed by atoms with van der Waals surface area (Å²) in [4.78, 5) is 16.3. The maximum atomic E-state index is 11.8. The van der Waals surface area contributed by atoms with E-state index in [0.29, 0.717) is 19.1 Å². The third kappa shape index (κ3) is 7.66. The van der Waals surface area contributed by atoms with Gasteiger partial charge in [-0.05, 0) is 37.6 Å². The summed E-state index contributed by atoms with van der Waals surface area (Å²) < 4.78 is 13.5. The first-order valence-electron chi connectivity index (χ1n) is 10.3. The van der Waals surface area contributed by atoms with Crippen LogP contribution in [0.25, 0.3) is 6.08 Å². The number of carboxylic acid groups (broad SMARTS) is 1. The highest BCUT2D eigenvalue weighted by atomic mass is 28.3. The summed E-state index contributed by atoms with van der Waals surface area (Å²) >= 11 is 0. The molecule has 160 valence electrons. The van der Waals surface area contributed by atoms with Gasteiger partial charge < -0.3 is 18.8 Å². The summed E-state index contributed by atoms with van der Waals surface area (Å²) in [5.74, 6) is 1.39. The Morgan fingerprint density at radius 2 is 2.10 bits per heavy atom. The molecule has 0 unspecified atom stereocenters. The molecule has 2 rings (SSSR count). The number of carboxylic acids is 1. The van der Waals surface area contributed by atoms with Gasteiger partial charge in [-0.25, -0.2) is 9.78 Å². The molecule has 2 aromatic heterocycles. The number of aryl methyl sites for hydroxylation is 2. The zero-order valence-corrected chi connectivity index (χ0v) is 19.3. The topological polar surface area (TPSA) is 77.5 Å². The maximum absolute atomic E-state index is 11.8. The molecular weight excluding hydrogens is 384 g/mol. The molecule has 0 amide bonds. The third-order valence-corrected chi connectivity index (χ3v) is 6.40. The average Bonchev–Trinajstić information content (AvgIpc) is 3.21. The Hall–Kier alpha value is -2.12. The van der Waals surface area contributed by atoms with E-state index in [2.05, 4.69) is 31.5 Å². The van der Waals surface area contributed by atoms with Gasteiger partial charge in [0.1, 0.15) is 24.1 Å². The first-order valence-corrected chi connectivity index (χ1v) is 14.0. The number of hydrogen-bond acceptors (Lipinski definition) is 4. The lowest BCUT2D eigenvalue weighted by Crippen LogP contribution is -2.22. The van der Waals surface area contributed by atoms with E-state index in [1.165, 1.54) is 0 Å². The van der Waals surface area contributed by atoms with Gasteiger partial charge in [-0.3, -0.25) is 0 Å². The van der Waals surface area contributed by atoms with E-state index in [-0.39, 0.29) is 12.0 Å². The normalized spacial score (nSPS) is 12.5. The minimum atomic E-state index is -1.16. The molecule has 2 heterocycles. The lowest BCUT2D eigenvalue weighted by Gasteiger charge is -2.17. The predicted molar refractivity (Wildman–Crippen MR) is 118 cm³/mol. The fraction of sp³-hybridized carbons (Fsp3) is 0.545. The number of imidazole rings is 1. The van der Waals surface area contributed by atoms with Crippen molar-refractivity contribution in [2.45, 2.75) is 71.9 Å². The van der Waals surface area contributed by atoms with Gasteiger partial charge in [0.2, 0.25) is 0 Å². The van der Waals surface area contributed by atoms with Crippen LogP contribution >= 0.6 is 0 Å². The fourth-order valence-electron chi connectivity index (χ4n) is 2.90. The van der Waals surface area contributed by atoms with Crippen LogP contribution in [0.15, 0.2) is 28.3 Å². The number of aromatic nitrogens is 2. The van der Waals surface area contributed by atoms with E-state index in [1.54, 1.807) is 12.3 Å². The van der Waals surface area contributed by atoms with Crippen LogP contribution in [0.3, 0.4) is 0 Å². The van der Waals surface area contributed by atoms with Gasteiger partial charge in [-0.15, -0.1) is 0 Å². The highest BCUT2D eigenvalue weighted by Gasteiger charge is 2.16. The Morgan fingerprint density at radius 3 is 2.69 bits per heavy atom. The molecular formula is C22H34N2O4Si.